The third-order valence-corrected chi connectivity index (χ3v) is 5.97. The number of primary sulfonamides is 2. The number of nitrogens with two attached hydrogens (primary N) is 2. The van der Waals surface area contributed by atoms with Gasteiger partial charge in [0.1, 0.15) is 0 Å². The molecule has 0 aromatic heterocycles. The third-order valence-electron chi connectivity index (χ3n) is 4.11. The lowest BCUT2D eigenvalue weighted by molar-refractivity contribution is 0.235. The molecule has 0 aliphatic heterocycles. The molecule has 2 unspecified atom stereocenters. The summed E-state index contributed by atoms with van der Waals surface area (Å²) in [6, 6.07) is 10.6. The highest BCUT2D eigenvalue weighted by atomic mass is 32.2. The lowest BCUT2D eigenvalue weighted by Gasteiger charge is -2.19. The topological polar surface area (TPSA) is 161 Å². The quantitative estimate of drug-likeness (QED) is 0.543. The number of carbonyl (C=O) groups excluding carboxylic acids is 1. The van der Waals surface area contributed by atoms with Gasteiger partial charge in [0.15, 0.2) is 0 Å². The Kier molecular flexibility index (Phi) is 6.44. The summed E-state index contributed by atoms with van der Waals surface area (Å²) in [4.78, 5) is 12.2. The van der Waals surface area contributed by atoms with Crippen LogP contribution in [0.25, 0.3) is 0 Å². The monoisotopic (exact) mass is 426 g/mol. The normalized spacial score (nSPS) is 14.1. The van der Waals surface area contributed by atoms with Gasteiger partial charge in [-0.1, -0.05) is 24.3 Å². The van der Waals surface area contributed by atoms with Crippen molar-refractivity contribution in [3.63, 3.8) is 0 Å². The molecule has 0 aliphatic carbocycles. The first-order valence-corrected chi connectivity index (χ1v) is 11.3. The maximum atomic E-state index is 12.2. The summed E-state index contributed by atoms with van der Waals surface area (Å²) in [6.45, 7) is 3.49. The summed E-state index contributed by atoms with van der Waals surface area (Å²) in [6.07, 6.45) is 0. The Labute approximate surface area is 164 Å². The minimum Gasteiger partial charge on any atom is -0.332 e. The van der Waals surface area contributed by atoms with Crippen LogP contribution in [0.2, 0.25) is 0 Å². The van der Waals surface area contributed by atoms with Gasteiger partial charge < -0.3 is 10.6 Å². The fourth-order valence-corrected chi connectivity index (χ4v) is 3.52. The van der Waals surface area contributed by atoms with Crippen molar-refractivity contribution >= 4 is 26.1 Å². The average molecular weight is 427 g/mol. The zero-order valence-electron chi connectivity index (χ0n) is 15.3. The van der Waals surface area contributed by atoms with Crippen LogP contribution >= 0.6 is 0 Å². The number of carbonyl (C=O) groups is 1. The molecule has 0 saturated heterocycles. The Morgan fingerprint density at radius 3 is 1.25 bits per heavy atom. The van der Waals surface area contributed by atoms with E-state index < -0.39 is 26.1 Å². The second-order valence-corrected chi connectivity index (χ2v) is 9.41. The van der Waals surface area contributed by atoms with Gasteiger partial charge in [0.05, 0.1) is 21.9 Å². The molecule has 0 aliphatic rings. The smallest absolute Gasteiger partial charge is 0.315 e. The molecule has 2 atom stereocenters. The molecule has 9 nitrogen and oxygen atoms in total. The molecule has 0 fully saturated rings. The first-order valence-electron chi connectivity index (χ1n) is 8.20. The molecule has 0 bridgehead atoms. The van der Waals surface area contributed by atoms with Gasteiger partial charge in [0.25, 0.3) is 0 Å². The first-order chi connectivity index (χ1) is 12.9. The maximum Gasteiger partial charge on any atom is 0.315 e. The summed E-state index contributed by atoms with van der Waals surface area (Å²) in [7, 11) is -7.54. The number of nitrogens with one attached hydrogen (secondary N) is 2. The fraction of sp³-hybridized carbons (Fsp3) is 0.235. The van der Waals surface area contributed by atoms with Crippen molar-refractivity contribution in [1.29, 1.82) is 0 Å². The van der Waals surface area contributed by atoms with E-state index in [2.05, 4.69) is 10.6 Å². The predicted octanol–water partition coefficient (Wildman–Crippen LogP) is 1.10. The van der Waals surface area contributed by atoms with E-state index in [0.29, 0.717) is 11.1 Å². The Balaban J connectivity index is 1.99. The van der Waals surface area contributed by atoms with E-state index in [1.807, 2.05) is 0 Å². The van der Waals surface area contributed by atoms with Gasteiger partial charge in [0, 0.05) is 0 Å². The van der Waals surface area contributed by atoms with Gasteiger partial charge in [0.2, 0.25) is 20.0 Å². The molecule has 2 rings (SSSR count). The molecule has 2 aromatic rings. The van der Waals surface area contributed by atoms with Gasteiger partial charge in [-0.2, -0.15) is 0 Å². The van der Waals surface area contributed by atoms with Crippen LogP contribution in [-0.2, 0) is 20.0 Å². The van der Waals surface area contributed by atoms with Gasteiger partial charge in [-0.25, -0.2) is 31.9 Å². The molecule has 0 spiro atoms. The van der Waals surface area contributed by atoms with Crippen LogP contribution < -0.4 is 20.9 Å². The van der Waals surface area contributed by atoms with Crippen LogP contribution in [0.15, 0.2) is 58.3 Å². The van der Waals surface area contributed by atoms with Crippen molar-refractivity contribution in [1.82, 2.24) is 10.6 Å². The van der Waals surface area contributed by atoms with Crippen LogP contribution in [0.4, 0.5) is 4.79 Å². The van der Waals surface area contributed by atoms with Crippen molar-refractivity contribution in [3.05, 3.63) is 59.7 Å². The molecule has 0 heterocycles. The van der Waals surface area contributed by atoms with Crippen molar-refractivity contribution in [2.45, 2.75) is 35.7 Å². The zero-order valence-corrected chi connectivity index (χ0v) is 16.9. The number of urea groups is 1. The van der Waals surface area contributed by atoms with Crippen molar-refractivity contribution in [3.8, 4) is 0 Å². The Hall–Kier alpha value is -2.47. The third kappa shape index (κ3) is 5.76. The van der Waals surface area contributed by atoms with Crippen molar-refractivity contribution in [2.24, 2.45) is 10.3 Å². The molecular weight excluding hydrogens is 404 g/mol. The molecule has 2 aromatic carbocycles. The summed E-state index contributed by atoms with van der Waals surface area (Å²) in [5.41, 5.74) is 1.40. The molecule has 11 heteroatoms. The minimum absolute atomic E-state index is 0.00976. The molecular formula is C17H22N4O5S2. The molecule has 0 saturated carbocycles. The van der Waals surface area contributed by atoms with Crippen LogP contribution in [-0.4, -0.2) is 22.9 Å². The average Bonchev–Trinajstić information content (AvgIpc) is 2.60. The highest BCUT2D eigenvalue weighted by Crippen LogP contribution is 2.17. The van der Waals surface area contributed by atoms with Gasteiger partial charge in [-0.05, 0) is 49.2 Å². The second-order valence-electron chi connectivity index (χ2n) is 6.29. The van der Waals surface area contributed by atoms with Crippen LogP contribution in [0.5, 0.6) is 0 Å². The summed E-state index contributed by atoms with van der Waals surface area (Å²) in [5.74, 6) is 0. The molecule has 0 radical (unpaired) electrons. The van der Waals surface area contributed by atoms with E-state index in [-0.39, 0.29) is 21.9 Å². The Morgan fingerprint density at radius 1 is 0.714 bits per heavy atom. The number of hydrogen-bond acceptors (Lipinski definition) is 5. The minimum atomic E-state index is -3.77. The largest absolute Gasteiger partial charge is 0.332 e. The Bertz CT molecular complexity index is 964. The van der Waals surface area contributed by atoms with E-state index in [1.54, 1.807) is 38.1 Å². The number of sulfonamides is 2. The first kappa shape index (κ1) is 21.8. The summed E-state index contributed by atoms with van der Waals surface area (Å²) < 4.78 is 45.1. The lowest BCUT2D eigenvalue weighted by Crippen LogP contribution is -2.38. The summed E-state index contributed by atoms with van der Waals surface area (Å²) >= 11 is 0. The molecule has 28 heavy (non-hydrogen) atoms. The van der Waals surface area contributed by atoms with Crippen molar-refractivity contribution < 1.29 is 21.6 Å². The number of benzene rings is 2. The van der Waals surface area contributed by atoms with E-state index in [0.717, 1.165) is 0 Å². The standard InChI is InChI=1S/C17H22N4O5S2/c1-11(13-3-7-15(8-4-13)27(18,23)24)20-17(22)21-12(2)14-5-9-16(10-6-14)28(19,25)26/h3-12H,1-2H3,(H2,18,23,24)(H2,19,25,26)(H2,20,21,22). The van der Waals surface area contributed by atoms with Crippen LogP contribution in [0.3, 0.4) is 0 Å². The van der Waals surface area contributed by atoms with Crippen LogP contribution in [0, 0.1) is 0 Å². The number of amides is 2. The maximum absolute atomic E-state index is 12.2. The second kappa shape index (κ2) is 8.27. The number of rotatable bonds is 6. The van der Waals surface area contributed by atoms with E-state index in [1.165, 1.54) is 24.3 Å². The lowest BCUT2D eigenvalue weighted by atomic mass is 10.1. The predicted molar refractivity (Wildman–Crippen MR) is 104 cm³/mol. The zero-order chi connectivity index (χ0) is 21.1. The summed E-state index contributed by atoms with van der Waals surface area (Å²) in [5, 5.41) is 15.6. The van der Waals surface area contributed by atoms with Gasteiger partial charge in [-0.3, -0.25) is 0 Å². The van der Waals surface area contributed by atoms with E-state index in [9.17, 15) is 21.6 Å². The Morgan fingerprint density at radius 2 is 1.00 bits per heavy atom. The SMILES string of the molecule is CC(NC(=O)NC(C)c1ccc(S(N)(=O)=O)cc1)c1ccc(S(N)(=O)=O)cc1. The highest BCUT2D eigenvalue weighted by molar-refractivity contribution is 7.89. The van der Waals surface area contributed by atoms with Crippen LogP contribution in [0.1, 0.15) is 37.1 Å². The van der Waals surface area contributed by atoms with Gasteiger partial charge >= 0.3 is 6.03 Å². The molecule has 2 amide bonds. The molecule has 6 N–H and O–H groups in total. The van der Waals surface area contributed by atoms with E-state index in [4.69, 9.17) is 10.3 Å². The number of hydrogen-bond donors (Lipinski definition) is 4. The fourth-order valence-electron chi connectivity index (χ4n) is 2.49. The van der Waals surface area contributed by atoms with Crippen molar-refractivity contribution in [2.75, 3.05) is 0 Å². The highest BCUT2D eigenvalue weighted by Gasteiger charge is 2.15. The molecule has 152 valence electrons. The van der Waals surface area contributed by atoms with E-state index >= 15 is 0 Å². The van der Waals surface area contributed by atoms with Gasteiger partial charge in [-0.15, -0.1) is 0 Å².